The Labute approximate surface area is 203 Å². The predicted molar refractivity (Wildman–Crippen MR) is 132 cm³/mol. The molecule has 0 spiro atoms. The predicted octanol–water partition coefficient (Wildman–Crippen LogP) is 4.89. The number of sulfone groups is 1. The molecule has 1 N–H and O–H groups in total. The van der Waals surface area contributed by atoms with Crippen molar-refractivity contribution in [3.63, 3.8) is 0 Å². The molecular weight excluding hydrogens is 480 g/mol. The van der Waals surface area contributed by atoms with Crippen LogP contribution in [0.5, 0.6) is 0 Å². The summed E-state index contributed by atoms with van der Waals surface area (Å²) < 4.78 is 29.5. The quantitative estimate of drug-likeness (QED) is 0.339. The number of hydrogen-bond acceptors (Lipinski definition) is 8. The number of esters is 1. The normalized spacial score (nSPS) is 15.3. The van der Waals surface area contributed by atoms with Crippen molar-refractivity contribution in [1.29, 1.82) is 0 Å². The number of carbonyl (C=O) groups excluding carboxylic acids is 2. The molecule has 1 saturated carbocycles. The van der Waals surface area contributed by atoms with Crippen LogP contribution in [-0.4, -0.2) is 43.9 Å². The standard InChI is InChI=1S/C23H30N2O5S3/c1-3-30-20(26)12-13-31-21-15-24-23(32-21)25-22(27)19(14-16-6-4-5-7-16)17-8-10-18(11-9-17)33(2,28)29/h8-11,15-16,19H,3-7,12-14H2,1-2H3,(H,24,25,27)/t19-/m1/s1. The molecule has 10 heteroatoms. The van der Waals surface area contributed by atoms with E-state index in [9.17, 15) is 18.0 Å². The number of hydrogen-bond donors (Lipinski definition) is 1. The fourth-order valence-corrected chi connectivity index (χ4v) is 6.47. The van der Waals surface area contributed by atoms with Gasteiger partial charge in [-0.2, -0.15) is 0 Å². The number of aromatic nitrogens is 1. The van der Waals surface area contributed by atoms with Crippen LogP contribution < -0.4 is 5.32 Å². The number of benzene rings is 1. The Morgan fingerprint density at radius 2 is 1.94 bits per heavy atom. The summed E-state index contributed by atoms with van der Waals surface area (Å²) in [5.74, 6) is 0.350. The van der Waals surface area contributed by atoms with Gasteiger partial charge in [0, 0.05) is 12.0 Å². The highest BCUT2D eigenvalue weighted by atomic mass is 32.2. The summed E-state index contributed by atoms with van der Waals surface area (Å²) in [6.45, 7) is 2.16. The molecule has 3 rings (SSSR count). The Hall–Kier alpha value is -1.91. The van der Waals surface area contributed by atoms with E-state index in [0.29, 0.717) is 29.8 Å². The van der Waals surface area contributed by atoms with E-state index in [4.69, 9.17) is 4.74 Å². The molecule has 7 nitrogen and oxygen atoms in total. The maximum Gasteiger partial charge on any atom is 0.306 e. The largest absolute Gasteiger partial charge is 0.466 e. The summed E-state index contributed by atoms with van der Waals surface area (Å²) in [4.78, 5) is 29.3. The maximum atomic E-state index is 13.2. The van der Waals surface area contributed by atoms with Crippen molar-refractivity contribution in [3.8, 4) is 0 Å². The van der Waals surface area contributed by atoms with Crippen LogP contribution in [0.15, 0.2) is 39.6 Å². The van der Waals surface area contributed by atoms with Crippen molar-refractivity contribution >= 4 is 49.9 Å². The molecule has 1 aromatic heterocycles. The van der Waals surface area contributed by atoms with Crippen molar-refractivity contribution in [3.05, 3.63) is 36.0 Å². The lowest BCUT2D eigenvalue weighted by Gasteiger charge is -2.20. The summed E-state index contributed by atoms with van der Waals surface area (Å²) >= 11 is 2.88. The zero-order valence-corrected chi connectivity index (χ0v) is 21.4. The summed E-state index contributed by atoms with van der Waals surface area (Å²) in [5.41, 5.74) is 0.812. The van der Waals surface area contributed by atoms with Crippen LogP contribution in [0.3, 0.4) is 0 Å². The monoisotopic (exact) mass is 510 g/mol. The average Bonchev–Trinajstić information content (AvgIpc) is 3.44. The molecule has 1 heterocycles. The molecule has 0 saturated heterocycles. The molecule has 1 aliphatic rings. The zero-order valence-electron chi connectivity index (χ0n) is 18.9. The van der Waals surface area contributed by atoms with Gasteiger partial charge in [0.2, 0.25) is 5.91 Å². The van der Waals surface area contributed by atoms with Crippen LogP contribution in [-0.2, 0) is 24.2 Å². The topological polar surface area (TPSA) is 102 Å². The second-order valence-electron chi connectivity index (χ2n) is 8.16. The van der Waals surface area contributed by atoms with E-state index >= 15 is 0 Å². The highest BCUT2D eigenvalue weighted by molar-refractivity contribution is 8.01. The van der Waals surface area contributed by atoms with Gasteiger partial charge < -0.3 is 10.1 Å². The van der Waals surface area contributed by atoms with Gasteiger partial charge in [-0.3, -0.25) is 9.59 Å². The third-order valence-electron chi connectivity index (χ3n) is 5.64. The van der Waals surface area contributed by atoms with Gasteiger partial charge >= 0.3 is 5.97 Å². The van der Waals surface area contributed by atoms with Crippen LogP contribution in [0.2, 0.25) is 0 Å². The van der Waals surface area contributed by atoms with Crippen molar-refractivity contribution in [1.82, 2.24) is 4.98 Å². The van der Waals surface area contributed by atoms with Gasteiger partial charge in [-0.05, 0) is 37.0 Å². The number of thioether (sulfide) groups is 1. The van der Waals surface area contributed by atoms with Crippen molar-refractivity contribution in [2.24, 2.45) is 5.92 Å². The van der Waals surface area contributed by atoms with E-state index < -0.39 is 9.84 Å². The Kier molecular flexibility index (Phi) is 9.34. The van der Waals surface area contributed by atoms with E-state index in [2.05, 4.69) is 10.3 Å². The molecule has 1 atom stereocenters. The fraction of sp³-hybridized carbons (Fsp3) is 0.522. The second kappa shape index (κ2) is 12.0. The minimum absolute atomic E-state index is 0.133. The lowest BCUT2D eigenvalue weighted by Crippen LogP contribution is -2.23. The molecule has 1 fully saturated rings. The first kappa shape index (κ1) is 25.7. The summed E-state index contributed by atoms with van der Waals surface area (Å²) in [7, 11) is -3.29. The van der Waals surface area contributed by atoms with Crippen LogP contribution >= 0.6 is 23.1 Å². The number of thiazole rings is 1. The van der Waals surface area contributed by atoms with Gasteiger partial charge in [-0.25, -0.2) is 13.4 Å². The van der Waals surface area contributed by atoms with E-state index in [1.807, 2.05) is 0 Å². The van der Waals surface area contributed by atoms with E-state index in [1.54, 1.807) is 37.4 Å². The zero-order chi connectivity index (χ0) is 23.8. The molecule has 2 aromatic rings. The first-order chi connectivity index (χ1) is 15.8. The molecule has 33 heavy (non-hydrogen) atoms. The van der Waals surface area contributed by atoms with E-state index in [0.717, 1.165) is 29.0 Å². The van der Waals surface area contributed by atoms with E-state index in [1.165, 1.54) is 42.2 Å². The Morgan fingerprint density at radius 3 is 2.58 bits per heavy atom. The third kappa shape index (κ3) is 7.82. The van der Waals surface area contributed by atoms with Gasteiger partial charge in [0.15, 0.2) is 15.0 Å². The van der Waals surface area contributed by atoms with Crippen LogP contribution in [0.1, 0.15) is 56.9 Å². The molecule has 1 amide bonds. The maximum absolute atomic E-state index is 13.2. The molecule has 1 aromatic carbocycles. The third-order valence-corrected chi connectivity index (χ3v) is 8.88. The number of rotatable bonds is 11. The first-order valence-electron chi connectivity index (χ1n) is 11.1. The highest BCUT2D eigenvalue weighted by Crippen LogP contribution is 2.36. The van der Waals surface area contributed by atoms with Gasteiger partial charge in [0.1, 0.15) is 0 Å². The summed E-state index contributed by atoms with van der Waals surface area (Å²) in [5, 5.41) is 3.46. The molecule has 0 aliphatic heterocycles. The second-order valence-corrected chi connectivity index (χ2v) is 12.6. The Morgan fingerprint density at radius 1 is 1.24 bits per heavy atom. The van der Waals surface area contributed by atoms with Crippen molar-refractivity contribution in [2.45, 2.75) is 60.5 Å². The Balaban J connectivity index is 1.66. The van der Waals surface area contributed by atoms with Gasteiger partial charge in [0.05, 0.1) is 34.2 Å². The summed E-state index contributed by atoms with van der Waals surface area (Å²) in [6.07, 6.45) is 8.53. The van der Waals surface area contributed by atoms with Gasteiger partial charge in [-0.1, -0.05) is 49.2 Å². The highest BCUT2D eigenvalue weighted by Gasteiger charge is 2.27. The molecule has 0 bridgehead atoms. The van der Waals surface area contributed by atoms with Crippen LogP contribution in [0, 0.1) is 5.92 Å². The Bertz CT molecular complexity index is 1040. The van der Waals surface area contributed by atoms with Crippen molar-refractivity contribution < 1.29 is 22.7 Å². The lowest BCUT2D eigenvalue weighted by molar-refractivity contribution is -0.142. The number of ether oxygens (including phenoxy) is 1. The molecular formula is C23H30N2O5S3. The van der Waals surface area contributed by atoms with Gasteiger partial charge in [-0.15, -0.1) is 11.8 Å². The average molecular weight is 511 g/mol. The molecule has 180 valence electrons. The number of amides is 1. The van der Waals surface area contributed by atoms with Crippen LogP contribution in [0.25, 0.3) is 0 Å². The first-order valence-corrected chi connectivity index (χ1v) is 14.8. The molecule has 0 unspecified atom stereocenters. The number of carbonyl (C=O) groups is 2. The SMILES string of the molecule is CCOC(=O)CCSc1cnc(NC(=O)[C@H](CC2CCCC2)c2ccc(S(C)(=O)=O)cc2)s1. The number of anilines is 1. The van der Waals surface area contributed by atoms with Crippen molar-refractivity contribution in [2.75, 3.05) is 23.9 Å². The lowest BCUT2D eigenvalue weighted by atomic mass is 9.87. The molecule has 0 radical (unpaired) electrons. The smallest absolute Gasteiger partial charge is 0.306 e. The van der Waals surface area contributed by atoms with E-state index in [-0.39, 0.29) is 22.7 Å². The number of nitrogens with one attached hydrogen (secondary N) is 1. The molecule has 1 aliphatic carbocycles. The minimum Gasteiger partial charge on any atom is -0.466 e. The van der Waals surface area contributed by atoms with Gasteiger partial charge in [0.25, 0.3) is 0 Å². The minimum atomic E-state index is -3.29. The fourth-order valence-electron chi connectivity index (χ4n) is 3.97. The van der Waals surface area contributed by atoms with Crippen LogP contribution in [0.4, 0.5) is 5.13 Å². The number of nitrogens with zero attached hydrogens (tertiary/aromatic N) is 1. The summed E-state index contributed by atoms with van der Waals surface area (Å²) in [6, 6.07) is 6.63.